The predicted octanol–water partition coefficient (Wildman–Crippen LogP) is 4.12. The lowest BCUT2D eigenvalue weighted by Gasteiger charge is -2.35. The summed E-state index contributed by atoms with van der Waals surface area (Å²) in [5.74, 6) is 0. The third-order valence-electron chi connectivity index (χ3n) is 3.79. The molecule has 24 heavy (non-hydrogen) atoms. The number of amides is 1. The van der Waals surface area contributed by atoms with Crippen LogP contribution in [-0.2, 0) is 9.47 Å². The van der Waals surface area contributed by atoms with E-state index in [2.05, 4.69) is 40.0 Å². The fraction of sp³-hybridized carbons (Fsp3) is 0.611. The average Bonchev–Trinajstić information content (AvgIpc) is 2.52. The summed E-state index contributed by atoms with van der Waals surface area (Å²) in [4.78, 5) is 14.4. The Hall–Kier alpha value is -1.02. The summed E-state index contributed by atoms with van der Waals surface area (Å²) < 4.78 is 12.2. The van der Waals surface area contributed by atoms with Gasteiger partial charge in [0.1, 0.15) is 5.60 Å². The Morgan fingerprint density at radius 3 is 2.50 bits per heavy atom. The molecule has 1 aromatic carbocycles. The number of ether oxygens (including phenoxy) is 2. The van der Waals surface area contributed by atoms with Crippen molar-refractivity contribution in [2.75, 3.05) is 31.6 Å². The number of hydrogen-bond acceptors (Lipinski definition) is 4. The lowest BCUT2D eigenvalue weighted by Crippen LogP contribution is -2.47. The zero-order valence-electron chi connectivity index (χ0n) is 14.7. The Morgan fingerprint density at radius 2 is 1.92 bits per heavy atom. The number of anilines is 1. The van der Waals surface area contributed by atoms with Crippen molar-refractivity contribution < 1.29 is 14.3 Å². The molecule has 0 atom stereocenters. The SMILES string of the molecule is CC(C)(C)OC(=O)N(CCNc1ccc(I)cc1)C1CCOCC1. The molecule has 0 saturated carbocycles. The van der Waals surface area contributed by atoms with Gasteiger partial charge in [0.05, 0.1) is 0 Å². The number of carbonyl (C=O) groups is 1. The molecule has 0 unspecified atom stereocenters. The van der Waals surface area contributed by atoms with Crippen LogP contribution in [0.4, 0.5) is 10.5 Å². The average molecular weight is 446 g/mol. The summed E-state index contributed by atoms with van der Waals surface area (Å²) in [5, 5.41) is 3.38. The highest BCUT2D eigenvalue weighted by Crippen LogP contribution is 2.18. The Kier molecular flexibility index (Phi) is 7.16. The first-order valence-electron chi connectivity index (χ1n) is 8.42. The molecule has 1 aromatic rings. The van der Waals surface area contributed by atoms with Crippen LogP contribution in [-0.4, -0.2) is 48.9 Å². The lowest BCUT2D eigenvalue weighted by molar-refractivity contribution is -0.00444. The molecule has 0 spiro atoms. The fourth-order valence-electron chi connectivity index (χ4n) is 2.63. The van der Waals surface area contributed by atoms with Crippen LogP contribution in [0.3, 0.4) is 0 Å². The second-order valence-corrected chi connectivity index (χ2v) is 8.20. The predicted molar refractivity (Wildman–Crippen MR) is 104 cm³/mol. The van der Waals surface area contributed by atoms with E-state index in [4.69, 9.17) is 9.47 Å². The van der Waals surface area contributed by atoms with E-state index >= 15 is 0 Å². The monoisotopic (exact) mass is 446 g/mol. The Labute approximate surface area is 158 Å². The fourth-order valence-corrected chi connectivity index (χ4v) is 2.99. The first kappa shape index (κ1) is 19.3. The van der Waals surface area contributed by atoms with E-state index in [-0.39, 0.29) is 12.1 Å². The van der Waals surface area contributed by atoms with E-state index in [1.54, 1.807) is 0 Å². The molecule has 0 radical (unpaired) electrons. The normalized spacial score (nSPS) is 15.8. The number of nitrogens with one attached hydrogen (secondary N) is 1. The Balaban J connectivity index is 1.94. The third-order valence-corrected chi connectivity index (χ3v) is 4.50. The second-order valence-electron chi connectivity index (χ2n) is 6.95. The van der Waals surface area contributed by atoms with Crippen LogP contribution in [0.5, 0.6) is 0 Å². The van der Waals surface area contributed by atoms with Gasteiger partial charge in [0.25, 0.3) is 0 Å². The Bertz CT molecular complexity index is 522. The van der Waals surface area contributed by atoms with Crippen molar-refractivity contribution >= 4 is 34.4 Å². The molecule has 5 nitrogen and oxygen atoms in total. The van der Waals surface area contributed by atoms with Crippen molar-refractivity contribution in [3.8, 4) is 0 Å². The van der Waals surface area contributed by atoms with Crippen LogP contribution in [0.25, 0.3) is 0 Å². The van der Waals surface area contributed by atoms with Crippen LogP contribution >= 0.6 is 22.6 Å². The quantitative estimate of drug-likeness (QED) is 0.692. The van der Waals surface area contributed by atoms with Crippen LogP contribution in [0.1, 0.15) is 33.6 Å². The van der Waals surface area contributed by atoms with Gasteiger partial charge in [-0.25, -0.2) is 4.79 Å². The second kappa shape index (κ2) is 8.89. The molecule has 134 valence electrons. The highest BCUT2D eigenvalue weighted by Gasteiger charge is 2.29. The third kappa shape index (κ3) is 6.47. The van der Waals surface area contributed by atoms with Crippen LogP contribution in [0, 0.1) is 3.57 Å². The summed E-state index contributed by atoms with van der Waals surface area (Å²) in [6, 6.07) is 8.41. The molecule has 1 fully saturated rings. The highest BCUT2D eigenvalue weighted by molar-refractivity contribution is 14.1. The minimum Gasteiger partial charge on any atom is -0.444 e. The molecule has 1 aliphatic heterocycles. The van der Waals surface area contributed by atoms with E-state index in [1.165, 1.54) is 3.57 Å². The summed E-state index contributed by atoms with van der Waals surface area (Å²) >= 11 is 2.29. The number of benzene rings is 1. The van der Waals surface area contributed by atoms with Gasteiger partial charge in [0.2, 0.25) is 0 Å². The summed E-state index contributed by atoms with van der Waals surface area (Å²) in [6.45, 7) is 8.41. The summed E-state index contributed by atoms with van der Waals surface area (Å²) in [7, 11) is 0. The molecule has 0 aromatic heterocycles. The van der Waals surface area contributed by atoms with Gasteiger partial charge < -0.3 is 19.7 Å². The molecule has 2 rings (SSSR count). The molecule has 1 saturated heterocycles. The molecular formula is C18H27IN2O3. The van der Waals surface area contributed by atoms with Crippen molar-refractivity contribution in [3.05, 3.63) is 27.8 Å². The topological polar surface area (TPSA) is 50.8 Å². The molecule has 0 bridgehead atoms. The maximum Gasteiger partial charge on any atom is 0.410 e. The van der Waals surface area contributed by atoms with Gasteiger partial charge >= 0.3 is 6.09 Å². The maximum absolute atomic E-state index is 12.6. The minimum absolute atomic E-state index is 0.187. The van der Waals surface area contributed by atoms with Crippen LogP contribution < -0.4 is 5.32 Å². The van der Waals surface area contributed by atoms with E-state index in [1.807, 2.05) is 37.8 Å². The van der Waals surface area contributed by atoms with Gasteiger partial charge in [0.15, 0.2) is 0 Å². The molecule has 1 aliphatic rings. The Morgan fingerprint density at radius 1 is 1.29 bits per heavy atom. The number of rotatable bonds is 5. The molecule has 6 heteroatoms. The number of hydrogen-bond donors (Lipinski definition) is 1. The van der Waals surface area contributed by atoms with E-state index in [0.29, 0.717) is 26.3 Å². The summed E-state index contributed by atoms with van der Waals surface area (Å²) in [5.41, 5.74) is 0.580. The largest absolute Gasteiger partial charge is 0.444 e. The van der Waals surface area contributed by atoms with Crippen molar-refractivity contribution in [2.45, 2.75) is 45.3 Å². The number of nitrogens with zero attached hydrogens (tertiary/aromatic N) is 1. The van der Waals surface area contributed by atoms with Gasteiger partial charge in [-0.05, 0) is 80.5 Å². The van der Waals surface area contributed by atoms with Gasteiger partial charge in [-0.1, -0.05) is 0 Å². The standard InChI is InChI=1S/C18H27IN2O3/c1-18(2,3)24-17(22)21(16-8-12-23-13-9-16)11-10-20-15-6-4-14(19)5-7-15/h4-7,16,20H,8-13H2,1-3H3. The van der Waals surface area contributed by atoms with E-state index in [0.717, 1.165) is 18.5 Å². The first-order chi connectivity index (χ1) is 11.3. The van der Waals surface area contributed by atoms with Crippen LogP contribution in [0.2, 0.25) is 0 Å². The molecule has 1 N–H and O–H groups in total. The number of halogens is 1. The van der Waals surface area contributed by atoms with Crippen molar-refractivity contribution in [2.24, 2.45) is 0 Å². The minimum atomic E-state index is -0.482. The van der Waals surface area contributed by atoms with Crippen molar-refractivity contribution in [1.29, 1.82) is 0 Å². The van der Waals surface area contributed by atoms with Gasteiger partial charge in [-0.2, -0.15) is 0 Å². The van der Waals surface area contributed by atoms with E-state index < -0.39 is 5.60 Å². The molecule has 0 aliphatic carbocycles. The van der Waals surface area contributed by atoms with Gasteiger partial charge in [-0.3, -0.25) is 0 Å². The zero-order chi connectivity index (χ0) is 17.6. The highest BCUT2D eigenvalue weighted by atomic mass is 127. The van der Waals surface area contributed by atoms with E-state index in [9.17, 15) is 4.79 Å². The van der Waals surface area contributed by atoms with Gasteiger partial charge in [-0.15, -0.1) is 0 Å². The molecule has 1 heterocycles. The zero-order valence-corrected chi connectivity index (χ0v) is 16.8. The lowest BCUT2D eigenvalue weighted by atomic mass is 10.1. The smallest absolute Gasteiger partial charge is 0.410 e. The van der Waals surface area contributed by atoms with Gasteiger partial charge in [0, 0.05) is 41.6 Å². The van der Waals surface area contributed by atoms with Crippen molar-refractivity contribution in [1.82, 2.24) is 4.90 Å². The van der Waals surface area contributed by atoms with Crippen LogP contribution in [0.15, 0.2) is 24.3 Å². The maximum atomic E-state index is 12.6. The first-order valence-corrected chi connectivity index (χ1v) is 9.50. The summed E-state index contributed by atoms with van der Waals surface area (Å²) in [6.07, 6.45) is 1.49. The molecule has 1 amide bonds. The number of carbonyl (C=O) groups excluding carboxylic acids is 1. The molecular weight excluding hydrogens is 419 g/mol. The van der Waals surface area contributed by atoms with Crippen molar-refractivity contribution in [3.63, 3.8) is 0 Å².